The second-order valence-corrected chi connectivity index (χ2v) is 6.17. The Kier molecular flexibility index (Phi) is 4.34. The molecular formula is C17H18N2O3S. The number of hydrogen-bond donors (Lipinski definition) is 0. The maximum Gasteiger partial charge on any atom is 0.240 e. The molecule has 5 nitrogen and oxygen atoms in total. The quantitative estimate of drug-likeness (QED) is 0.862. The number of carbonyl (C=O) groups is 1. The standard InChI is InChI=1S/C17H18N2O3S/c1-11(20)19-14(10-13(18-19)17-5-4-8-23-17)12-6-7-15(21-2)16(9-12)22-3/h4-9,14H,10H2,1-3H3/t14-/m1/s1. The minimum Gasteiger partial charge on any atom is -0.493 e. The average Bonchev–Trinajstić information content (AvgIpc) is 3.23. The van der Waals surface area contributed by atoms with Gasteiger partial charge in [-0.05, 0) is 29.1 Å². The van der Waals surface area contributed by atoms with E-state index >= 15 is 0 Å². The molecule has 1 aromatic carbocycles. The van der Waals surface area contributed by atoms with Crippen molar-refractivity contribution >= 4 is 23.0 Å². The summed E-state index contributed by atoms with van der Waals surface area (Å²) in [6.45, 7) is 1.54. The maximum atomic E-state index is 12.0. The molecule has 1 aliphatic rings. The molecule has 0 aliphatic carbocycles. The van der Waals surface area contributed by atoms with E-state index in [1.54, 1.807) is 30.6 Å². The molecule has 0 fully saturated rings. The van der Waals surface area contributed by atoms with Crippen LogP contribution in [0, 0.1) is 0 Å². The number of amides is 1. The molecule has 23 heavy (non-hydrogen) atoms. The van der Waals surface area contributed by atoms with E-state index in [1.807, 2.05) is 35.7 Å². The Morgan fingerprint density at radius 1 is 1.26 bits per heavy atom. The van der Waals surface area contributed by atoms with Crippen LogP contribution < -0.4 is 9.47 Å². The summed E-state index contributed by atoms with van der Waals surface area (Å²) in [7, 11) is 3.21. The summed E-state index contributed by atoms with van der Waals surface area (Å²) >= 11 is 1.63. The normalized spacial score (nSPS) is 17.1. The van der Waals surface area contributed by atoms with E-state index in [2.05, 4.69) is 5.10 Å². The highest BCUT2D eigenvalue weighted by molar-refractivity contribution is 7.12. The van der Waals surface area contributed by atoms with Gasteiger partial charge >= 0.3 is 0 Å². The molecule has 3 rings (SSSR count). The van der Waals surface area contributed by atoms with Crippen LogP contribution in [-0.2, 0) is 4.79 Å². The van der Waals surface area contributed by atoms with Crippen LogP contribution in [0.15, 0.2) is 40.8 Å². The zero-order valence-electron chi connectivity index (χ0n) is 13.3. The fraction of sp³-hybridized carbons (Fsp3) is 0.294. The fourth-order valence-electron chi connectivity index (χ4n) is 2.71. The lowest BCUT2D eigenvalue weighted by Gasteiger charge is -2.21. The van der Waals surface area contributed by atoms with Crippen LogP contribution >= 0.6 is 11.3 Å². The zero-order chi connectivity index (χ0) is 16.4. The molecular weight excluding hydrogens is 312 g/mol. The van der Waals surface area contributed by atoms with Crippen LogP contribution in [0.3, 0.4) is 0 Å². The monoisotopic (exact) mass is 330 g/mol. The van der Waals surface area contributed by atoms with Gasteiger partial charge in [0.05, 0.1) is 30.9 Å². The van der Waals surface area contributed by atoms with E-state index in [1.165, 1.54) is 6.92 Å². The topological polar surface area (TPSA) is 51.1 Å². The third kappa shape index (κ3) is 2.94. The van der Waals surface area contributed by atoms with Gasteiger partial charge in [0.2, 0.25) is 5.91 Å². The number of ether oxygens (including phenoxy) is 2. The Morgan fingerprint density at radius 3 is 2.65 bits per heavy atom. The molecule has 1 aromatic heterocycles. The zero-order valence-corrected chi connectivity index (χ0v) is 14.1. The number of rotatable bonds is 4. The number of carbonyl (C=O) groups excluding carboxylic acids is 1. The van der Waals surface area contributed by atoms with Crippen molar-refractivity contribution < 1.29 is 14.3 Å². The van der Waals surface area contributed by atoms with Crippen molar-refractivity contribution in [3.63, 3.8) is 0 Å². The molecule has 2 aromatic rings. The Bertz CT molecular complexity index is 740. The van der Waals surface area contributed by atoms with Gasteiger partial charge in [-0.2, -0.15) is 5.10 Å². The summed E-state index contributed by atoms with van der Waals surface area (Å²) in [4.78, 5) is 13.1. The molecule has 120 valence electrons. The lowest BCUT2D eigenvalue weighted by molar-refractivity contribution is -0.130. The summed E-state index contributed by atoms with van der Waals surface area (Å²) in [5, 5.41) is 8.09. The van der Waals surface area contributed by atoms with Crippen molar-refractivity contribution in [3.8, 4) is 11.5 Å². The van der Waals surface area contributed by atoms with E-state index in [4.69, 9.17) is 9.47 Å². The number of hydrazone groups is 1. The van der Waals surface area contributed by atoms with Crippen molar-refractivity contribution in [3.05, 3.63) is 46.2 Å². The maximum absolute atomic E-state index is 12.0. The van der Waals surface area contributed by atoms with Crippen molar-refractivity contribution in [2.75, 3.05) is 14.2 Å². The van der Waals surface area contributed by atoms with Crippen LogP contribution in [0.2, 0.25) is 0 Å². The molecule has 0 N–H and O–H groups in total. The van der Waals surface area contributed by atoms with Crippen LogP contribution in [0.25, 0.3) is 0 Å². The molecule has 1 amide bonds. The minimum atomic E-state index is -0.121. The first-order valence-electron chi connectivity index (χ1n) is 7.27. The molecule has 1 aliphatic heterocycles. The Hall–Kier alpha value is -2.34. The molecule has 1 atom stereocenters. The predicted octanol–water partition coefficient (Wildman–Crippen LogP) is 3.46. The summed E-state index contributed by atoms with van der Waals surface area (Å²) in [6.07, 6.45) is 0.690. The van der Waals surface area contributed by atoms with E-state index in [0.29, 0.717) is 17.9 Å². The Morgan fingerprint density at radius 2 is 2.04 bits per heavy atom. The van der Waals surface area contributed by atoms with E-state index in [0.717, 1.165) is 16.2 Å². The Balaban J connectivity index is 1.95. The van der Waals surface area contributed by atoms with E-state index < -0.39 is 0 Å². The minimum absolute atomic E-state index is 0.0728. The highest BCUT2D eigenvalue weighted by atomic mass is 32.1. The van der Waals surface area contributed by atoms with Gasteiger partial charge in [-0.25, -0.2) is 5.01 Å². The van der Waals surface area contributed by atoms with Crippen LogP contribution in [0.4, 0.5) is 0 Å². The van der Waals surface area contributed by atoms with Crippen molar-refractivity contribution in [1.82, 2.24) is 5.01 Å². The van der Waals surface area contributed by atoms with Crippen LogP contribution in [0.1, 0.15) is 29.8 Å². The fourth-order valence-corrected chi connectivity index (χ4v) is 3.43. The van der Waals surface area contributed by atoms with Gasteiger partial charge in [0.15, 0.2) is 11.5 Å². The van der Waals surface area contributed by atoms with Gasteiger partial charge in [-0.15, -0.1) is 11.3 Å². The molecule has 0 saturated carbocycles. The lowest BCUT2D eigenvalue weighted by atomic mass is 10.0. The van der Waals surface area contributed by atoms with Crippen LogP contribution in [0.5, 0.6) is 11.5 Å². The van der Waals surface area contributed by atoms with Gasteiger partial charge in [0.25, 0.3) is 0 Å². The highest BCUT2D eigenvalue weighted by Gasteiger charge is 2.32. The molecule has 0 spiro atoms. The first-order chi connectivity index (χ1) is 11.1. The highest BCUT2D eigenvalue weighted by Crippen LogP contribution is 2.37. The molecule has 0 radical (unpaired) electrons. The molecule has 0 saturated heterocycles. The first kappa shape index (κ1) is 15.6. The van der Waals surface area contributed by atoms with Crippen molar-refractivity contribution in [2.45, 2.75) is 19.4 Å². The molecule has 0 bridgehead atoms. The van der Waals surface area contributed by atoms with Gasteiger partial charge in [0, 0.05) is 13.3 Å². The SMILES string of the molecule is COc1ccc([C@H]2CC(c3cccs3)=NN2C(C)=O)cc1OC. The summed E-state index contributed by atoms with van der Waals surface area (Å²) in [6, 6.07) is 9.62. The number of benzene rings is 1. The van der Waals surface area contributed by atoms with Crippen molar-refractivity contribution in [1.29, 1.82) is 0 Å². The van der Waals surface area contributed by atoms with Gasteiger partial charge < -0.3 is 9.47 Å². The van der Waals surface area contributed by atoms with E-state index in [9.17, 15) is 4.79 Å². The molecule has 6 heteroatoms. The number of methoxy groups -OCH3 is 2. The summed E-state index contributed by atoms with van der Waals surface area (Å²) in [5.41, 5.74) is 1.92. The first-order valence-corrected chi connectivity index (χ1v) is 8.15. The average molecular weight is 330 g/mol. The van der Waals surface area contributed by atoms with Gasteiger partial charge in [0.1, 0.15) is 0 Å². The Labute approximate surface area is 139 Å². The van der Waals surface area contributed by atoms with Crippen molar-refractivity contribution in [2.24, 2.45) is 5.10 Å². The number of nitrogens with zero attached hydrogens (tertiary/aromatic N) is 2. The smallest absolute Gasteiger partial charge is 0.240 e. The second kappa shape index (κ2) is 6.42. The lowest BCUT2D eigenvalue weighted by Crippen LogP contribution is -2.24. The second-order valence-electron chi connectivity index (χ2n) is 5.22. The molecule has 0 unspecified atom stereocenters. The number of hydrogen-bond acceptors (Lipinski definition) is 5. The number of thiophene rings is 1. The largest absolute Gasteiger partial charge is 0.493 e. The van der Waals surface area contributed by atoms with Gasteiger partial charge in [-0.1, -0.05) is 12.1 Å². The van der Waals surface area contributed by atoms with Gasteiger partial charge in [-0.3, -0.25) is 4.79 Å². The summed E-state index contributed by atoms with van der Waals surface area (Å²) < 4.78 is 10.6. The third-order valence-corrected chi connectivity index (χ3v) is 4.75. The predicted molar refractivity (Wildman–Crippen MR) is 90.3 cm³/mol. The van der Waals surface area contributed by atoms with E-state index in [-0.39, 0.29) is 11.9 Å². The third-order valence-electron chi connectivity index (χ3n) is 3.83. The van der Waals surface area contributed by atoms with Crippen LogP contribution in [-0.4, -0.2) is 30.8 Å². The molecule has 2 heterocycles. The summed E-state index contributed by atoms with van der Waals surface area (Å²) in [5.74, 6) is 1.25.